The maximum Gasteiger partial charge on any atom is 0.265 e. The maximum atomic E-state index is 12.4. The highest BCUT2D eigenvalue weighted by atomic mass is 79.9. The van der Waals surface area contributed by atoms with E-state index in [0.29, 0.717) is 10.6 Å². The van der Waals surface area contributed by atoms with Gasteiger partial charge in [-0.15, -0.1) is 11.3 Å². The van der Waals surface area contributed by atoms with E-state index in [1.807, 2.05) is 19.0 Å². The van der Waals surface area contributed by atoms with Gasteiger partial charge < -0.3 is 10.2 Å². The van der Waals surface area contributed by atoms with Gasteiger partial charge in [-0.05, 0) is 46.3 Å². The van der Waals surface area contributed by atoms with E-state index >= 15 is 0 Å². The lowest BCUT2D eigenvalue weighted by Gasteiger charge is -2.20. The molecule has 2 rings (SSSR count). The summed E-state index contributed by atoms with van der Waals surface area (Å²) in [7, 11) is 3.01. The van der Waals surface area contributed by atoms with Gasteiger partial charge in [-0.1, -0.05) is 0 Å². The van der Waals surface area contributed by atoms with Crippen molar-refractivity contribution in [1.29, 1.82) is 0 Å². The van der Waals surface area contributed by atoms with Gasteiger partial charge in [-0.3, -0.25) is 4.79 Å². The van der Waals surface area contributed by atoms with Crippen molar-refractivity contribution in [3.63, 3.8) is 0 Å². The zero-order valence-corrected chi connectivity index (χ0v) is 16.9. The Kier molecular flexibility index (Phi) is 5.69. The van der Waals surface area contributed by atoms with Crippen molar-refractivity contribution in [3.8, 4) is 0 Å². The quantitative estimate of drug-likeness (QED) is 0.789. The molecule has 2 aromatic rings. The minimum Gasteiger partial charge on any atom is -0.376 e. The molecule has 130 valence electrons. The van der Waals surface area contributed by atoms with Crippen LogP contribution in [0, 0.1) is 0 Å². The number of halogens is 1. The molecule has 0 saturated heterocycles. The largest absolute Gasteiger partial charge is 0.376 e. The maximum absolute atomic E-state index is 12.4. The van der Waals surface area contributed by atoms with Gasteiger partial charge in [-0.25, -0.2) is 12.7 Å². The van der Waals surface area contributed by atoms with Crippen LogP contribution in [0.25, 0.3) is 0 Å². The van der Waals surface area contributed by atoms with E-state index in [2.05, 4.69) is 21.2 Å². The lowest BCUT2D eigenvalue weighted by Crippen LogP contribution is -2.23. The van der Waals surface area contributed by atoms with E-state index in [1.54, 1.807) is 18.2 Å². The topological polar surface area (TPSA) is 69.7 Å². The van der Waals surface area contributed by atoms with Crippen molar-refractivity contribution >= 4 is 54.6 Å². The Bertz CT molecular complexity index is 861. The molecule has 0 saturated carbocycles. The summed E-state index contributed by atoms with van der Waals surface area (Å²) in [6, 6.07) is 8.18. The third kappa shape index (κ3) is 3.97. The van der Waals surface area contributed by atoms with E-state index in [-0.39, 0.29) is 10.8 Å². The van der Waals surface area contributed by atoms with Crippen LogP contribution in [0.4, 0.5) is 11.4 Å². The van der Waals surface area contributed by atoms with Crippen molar-refractivity contribution in [1.82, 2.24) is 4.31 Å². The second-order valence-electron chi connectivity index (χ2n) is 5.42. The lowest BCUT2D eigenvalue weighted by atomic mass is 10.2. The number of hydrogen-bond donors (Lipinski definition) is 1. The van der Waals surface area contributed by atoms with Gasteiger partial charge in [0.1, 0.15) is 0 Å². The van der Waals surface area contributed by atoms with Crippen molar-refractivity contribution in [2.24, 2.45) is 0 Å². The molecule has 1 N–H and O–H groups in total. The first-order valence-corrected chi connectivity index (χ1v) is 9.98. The number of anilines is 2. The van der Waals surface area contributed by atoms with Crippen molar-refractivity contribution in [2.75, 3.05) is 38.4 Å². The standard InChI is InChI=1S/C15H18BrN3O3S2/c1-18(2)12-6-5-10(24(21,22)19(3)4)9-11(12)17-15(20)13-7-8-14(16)23-13/h5-9H,1-4H3,(H,17,20). The Hall–Kier alpha value is -1.42. The highest BCUT2D eigenvalue weighted by Crippen LogP contribution is 2.30. The molecular formula is C15H18BrN3O3S2. The van der Waals surface area contributed by atoms with E-state index in [0.717, 1.165) is 13.8 Å². The van der Waals surface area contributed by atoms with E-state index in [4.69, 9.17) is 0 Å². The molecule has 1 aromatic heterocycles. The van der Waals surface area contributed by atoms with E-state index in [9.17, 15) is 13.2 Å². The number of nitrogens with one attached hydrogen (secondary N) is 1. The normalized spacial score (nSPS) is 11.6. The molecule has 0 aliphatic heterocycles. The molecule has 6 nitrogen and oxygen atoms in total. The second-order valence-corrected chi connectivity index (χ2v) is 10.0. The number of benzene rings is 1. The fourth-order valence-corrected chi connectivity index (χ4v) is 4.21. The first-order valence-electron chi connectivity index (χ1n) is 6.93. The number of hydrogen-bond acceptors (Lipinski definition) is 5. The van der Waals surface area contributed by atoms with E-state index in [1.165, 1.54) is 37.6 Å². The molecule has 0 aliphatic rings. The monoisotopic (exact) mass is 431 g/mol. The van der Waals surface area contributed by atoms with Crippen molar-refractivity contribution in [3.05, 3.63) is 39.0 Å². The third-order valence-corrected chi connectivity index (χ3v) is 6.71. The third-order valence-electron chi connectivity index (χ3n) is 3.27. The molecule has 0 bridgehead atoms. The molecule has 0 fully saturated rings. The summed E-state index contributed by atoms with van der Waals surface area (Å²) in [5, 5.41) is 2.80. The SMILES string of the molecule is CN(C)c1ccc(S(=O)(=O)N(C)C)cc1NC(=O)c1ccc(Br)s1. The molecule has 1 aromatic carbocycles. The molecule has 0 unspecified atom stereocenters. The van der Waals surface area contributed by atoms with Crippen LogP contribution in [-0.2, 0) is 10.0 Å². The Morgan fingerprint density at radius 3 is 2.29 bits per heavy atom. The Morgan fingerprint density at radius 1 is 1.12 bits per heavy atom. The van der Waals surface area contributed by atoms with Crippen LogP contribution in [0.2, 0.25) is 0 Å². The van der Waals surface area contributed by atoms with Crippen LogP contribution in [0.5, 0.6) is 0 Å². The highest BCUT2D eigenvalue weighted by molar-refractivity contribution is 9.11. The molecule has 1 heterocycles. The average Bonchev–Trinajstić information content (AvgIpc) is 2.93. The number of carbonyl (C=O) groups excluding carboxylic acids is 1. The first-order chi connectivity index (χ1) is 11.1. The summed E-state index contributed by atoms with van der Waals surface area (Å²) in [5.74, 6) is -0.284. The summed E-state index contributed by atoms with van der Waals surface area (Å²) in [5.41, 5.74) is 1.16. The molecule has 0 spiro atoms. The predicted molar refractivity (Wildman–Crippen MR) is 102 cm³/mol. The van der Waals surface area contributed by atoms with Gasteiger partial charge in [0, 0.05) is 28.2 Å². The average molecular weight is 432 g/mol. The van der Waals surface area contributed by atoms with Gasteiger partial charge >= 0.3 is 0 Å². The fraction of sp³-hybridized carbons (Fsp3) is 0.267. The van der Waals surface area contributed by atoms with Crippen LogP contribution in [0.1, 0.15) is 9.67 Å². The summed E-state index contributed by atoms with van der Waals surface area (Å²) >= 11 is 4.63. The Morgan fingerprint density at radius 2 is 1.79 bits per heavy atom. The highest BCUT2D eigenvalue weighted by Gasteiger charge is 2.20. The van der Waals surface area contributed by atoms with Gasteiger partial charge in [0.25, 0.3) is 5.91 Å². The number of carbonyl (C=O) groups is 1. The second kappa shape index (κ2) is 7.22. The summed E-state index contributed by atoms with van der Waals surface area (Å²) in [4.78, 5) is 14.9. The summed E-state index contributed by atoms with van der Waals surface area (Å²) in [6.07, 6.45) is 0. The lowest BCUT2D eigenvalue weighted by molar-refractivity contribution is 0.103. The number of thiophene rings is 1. The summed E-state index contributed by atoms with van der Waals surface area (Å²) < 4.78 is 26.6. The van der Waals surface area contributed by atoms with E-state index < -0.39 is 10.0 Å². The molecule has 0 aliphatic carbocycles. The fourth-order valence-electron chi connectivity index (χ4n) is 2.00. The smallest absolute Gasteiger partial charge is 0.265 e. The number of amides is 1. The minimum absolute atomic E-state index is 0.126. The van der Waals surface area contributed by atoms with Gasteiger partial charge in [-0.2, -0.15) is 0 Å². The van der Waals surface area contributed by atoms with Gasteiger partial charge in [0.2, 0.25) is 10.0 Å². The Balaban J connectivity index is 2.44. The number of sulfonamides is 1. The minimum atomic E-state index is -3.58. The zero-order chi connectivity index (χ0) is 18.1. The summed E-state index contributed by atoms with van der Waals surface area (Å²) in [6.45, 7) is 0. The van der Waals surface area contributed by atoms with Crippen LogP contribution in [-0.4, -0.2) is 46.8 Å². The molecule has 24 heavy (non-hydrogen) atoms. The predicted octanol–water partition coefficient (Wildman–Crippen LogP) is 3.08. The zero-order valence-electron chi connectivity index (χ0n) is 13.7. The van der Waals surface area contributed by atoms with Crippen LogP contribution in [0.15, 0.2) is 39.0 Å². The molecule has 0 radical (unpaired) electrons. The van der Waals surface area contributed by atoms with Crippen LogP contribution >= 0.6 is 27.3 Å². The molecular weight excluding hydrogens is 414 g/mol. The van der Waals surface area contributed by atoms with Gasteiger partial charge in [0.05, 0.1) is 24.9 Å². The number of rotatable bonds is 5. The number of nitrogens with zero attached hydrogens (tertiary/aromatic N) is 2. The molecule has 0 atom stereocenters. The van der Waals surface area contributed by atoms with Crippen molar-refractivity contribution < 1.29 is 13.2 Å². The van der Waals surface area contributed by atoms with Crippen molar-refractivity contribution in [2.45, 2.75) is 4.90 Å². The molecule has 9 heteroatoms. The Labute approximate surface area is 154 Å². The first kappa shape index (κ1) is 18.9. The molecule has 1 amide bonds. The van der Waals surface area contributed by atoms with Crippen LogP contribution < -0.4 is 10.2 Å². The van der Waals surface area contributed by atoms with Gasteiger partial charge in [0.15, 0.2) is 0 Å². The van der Waals surface area contributed by atoms with Crippen LogP contribution in [0.3, 0.4) is 0 Å².